The summed E-state index contributed by atoms with van der Waals surface area (Å²) in [6.07, 6.45) is 1.90. The number of benzene rings is 1. The molecule has 2 N–H and O–H groups in total. The molecule has 0 radical (unpaired) electrons. The lowest BCUT2D eigenvalue weighted by atomic mass is 10.0. The fraction of sp³-hybridized carbons (Fsp3) is 0.462. The molecule has 19 heavy (non-hydrogen) atoms. The highest BCUT2D eigenvalue weighted by Crippen LogP contribution is 2.29. The first-order valence-electron chi connectivity index (χ1n) is 6.11. The number of carbonyl (C=O) groups excluding carboxylic acids is 1. The zero-order chi connectivity index (χ0) is 14.0. The van der Waals surface area contributed by atoms with Gasteiger partial charge in [-0.15, -0.1) is 0 Å². The monoisotopic (exact) mass is 394 g/mol. The molecule has 1 aliphatic heterocycles. The minimum atomic E-state index is -0.0645. The molecule has 1 aliphatic rings. The Morgan fingerprint density at radius 3 is 2.95 bits per heavy atom. The molecule has 1 atom stereocenters. The van der Waals surface area contributed by atoms with E-state index in [1.807, 2.05) is 0 Å². The average molecular weight is 395 g/mol. The van der Waals surface area contributed by atoms with Crippen LogP contribution < -0.4 is 10.5 Å². The second kappa shape index (κ2) is 6.28. The van der Waals surface area contributed by atoms with Crippen molar-refractivity contribution in [3.05, 3.63) is 26.3 Å². The smallest absolute Gasteiger partial charge is 0.257 e. The third-order valence-electron chi connectivity index (χ3n) is 3.22. The maximum absolute atomic E-state index is 12.5. The Morgan fingerprint density at radius 2 is 2.32 bits per heavy atom. The first kappa shape index (κ1) is 14.9. The van der Waals surface area contributed by atoms with Crippen LogP contribution in [0.5, 0.6) is 5.75 Å². The van der Waals surface area contributed by atoms with Gasteiger partial charge in [0.25, 0.3) is 5.91 Å². The molecule has 0 bridgehead atoms. The Kier molecular flexibility index (Phi) is 4.92. The van der Waals surface area contributed by atoms with Crippen LogP contribution in [0.25, 0.3) is 0 Å². The molecule has 1 aromatic carbocycles. The second-order valence-corrected chi connectivity index (χ2v) is 6.19. The summed E-state index contributed by atoms with van der Waals surface area (Å²) in [4.78, 5) is 14.3. The van der Waals surface area contributed by atoms with Gasteiger partial charge in [0, 0.05) is 22.7 Å². The van der Waals surface area contributed by atoms with Crippen LogP contribution in [0.2, 0.25) is 5.02 Å². The van der Waals surface area contributed by atoms with Gasteiger partial charge in [-0.1, -0.05) is 11.6 Å². The van der Waals surface area contributed by atoms with Gasteiger partial charge < -0.3 is 15.4 Å². The highest BCUT2D eigenvalue weighted by molar-refractivity contribution is 14.1. The number of amides is 1. The molecule has 4 nitrogen and oxygen atoms in total. The van der Waals surface area contributed by atoms with E-state index in [-0.39, 0.29) is 11.9 Å². The third-order valence-corrected chi connectivity index (χ3v) is 4.74. The summed E-state index contributed by atoms with van der Waals surface area (Å²) in [5.74, 6) is 0.489. The molecule has 0 spiro atoms. The van der Waals surface area contributed by atoms with Gasteiger partial charge in [-0.2, -0.15) is 0 Å². The number of halogens is 2. The number of nitrogens with zero attached hydrogens (tertiary/aromatic N) is 1. The van der Waals surface area contributed by atoms with Gasteiger partial charge in [0.15, 0.2) is 0 Å². The summed E-state index contributed by atoms with van der Waals surface area (Å²) >= 11 is 8.21. The Labute approximate surface area is 131 Å². The SMILES string of the molecule is COc1cc(I)c(Cl)cc1C(=O)N1CCCC(N)C1. The van der Waals surface area contributed by atoms with E-state index in [2.05, 4.69) is 22.6 Å². The number of likely N-dealkylation sites (tertiary alicyclic amines) is 1. The van der Waals surface area contributed by atoms with Gasteiger partial charge in [0.05, 0.1) is 17.7 Å². The molecule has 1 fully saturated rings. The summed E-state index contributed by atoms with van der Waals surface area (Å²) in [5.41, 5.74) is 6.42. The summed E-state index contributed by atoms with van der Waals surface area (Å²) in [7, 11) is 1.55. The minimum absolute atomic E-state index is 0.0583. The summed E-state index contributed by atoms with van der Waals surface area (Å²) in [6, 6.07) is 3.51. The van der Waals surface area contributed by atoms with Gasteiger partial charge in [0.1, 0.15) is 5.75 Å². The number of piperidine rings is 1. The summed E-state index contributed by atoms with van der Waals surface area (Å²) < 4.78 is 6.14. The zero-order valence-electron chi connectivity index (χ0n) is 10.7. The standard InChI is InChI=1S/C13H16ClIN2O2/c1-19-12-6-11(15)10(14)5-9(12)13(18)17-4-2-3-8(16)7-17/h5-6,8H,2-4,7,16H2,1H3. The first-order valence-corrected chi connectivity index (χ1v) is 7.56. The Morgan fingerprint density at radius 1 is 1.58 bits per heavy atom. The molecule has 6 heteroatoms. The number of carbonyl (C=O) groups is 1. The number of ether oxygens (including phenoxy) is 1. The molecule has 0 saturated carbocycles. The van der Waals surface area contributed by atoms with Gasteiger partial charge in [-0.05, 0) is 47.6 Å². The van der Waals surface area contributed by atoms with Crippen molar-refractivity contribution >= 4 is 40.1 Å². The number of hydrogen-bond donors (Lipinski definition) is 1. The second-order valence-electron chi connectivity index (χ2n) is 4.62. The van der Waals surface area contributed by atoms with E-state index in [4.69, 9.17) is 22.1 Å². The van der Waals surface area contributed by atoms with Crippen molar-refractivity contribution in [2.75, 3.05) is 20.2 Å². The van der Waals surface area contributed by atoms with Gasteiger partial charge in [-0.25, -0.2) is 0 Å². The minimum Gasteiger partial charge on any atom is -0.496 e. The highest BCUT2D eigenvalue weighted by Gasteiger charge is 2.25. The van der Waals surface area contributed by atoms with Crippen LogP contribution in [-0.4, -0.2) is 37.0 Å². The third kappa shape index (κ3) is 3.32. The molecular weight excluding hydrogens is 379 g/mol. The van der Waals surface area contributed by atoms with E-state index >= 15 is 0 Å². The van der Waals surface area contributed by atoms with E-state index in [1.165, 1.54) is 0 Å². The molecule has 1 saturated heterocycles. The molecule has 1 heterocycles. The van der Waals surface area contributed by atoms with Crippen LogP contribution >= 0.6 is 34.2 Å². The first-order chi connectivity index (χ1) is 9.02. The lowest BCUT2D eigenvalue weighted by Gasteiger charge is -2.31. The van der Waals surface area contributed by atoms with E-state index in [0.29, 0.717) is 22.9 Å². The van der Waals surface area contributed by atoms with Gasteiger partial charge in [0.2, 0.25) is 0 Å². The van der Waals surface area contributed by atoms with Crippen molar-refractivity contribution in [2.45, 2.75) is 18.9 Å². The van der Waals surface area contributed by atoms with Gasteiger partial charge >= 0.3 is 0 Å². The molecule has 0 aromatic heterocycles. The molecular formula is C13H16ClIN2O2. The molecule has 104 valence electrons. The van der Waals surface area contributed by atoms with Crippen LogP contribution in [0, 0.1) is 3.57 Å². The van der Waals surface area contributed by atoms with E-state index in [9.17, 15) is 4.79 Å². The molecule has 1 unspecified atom stereocenters. The largest absolute Gasteiger partial charge is 0.496 e. The van der Waals surface area contributed by atoms with Crippen LogP contribution in [-0.2, 0) is 0 Å². The lowest BCUT2D eigenvalue weighted by molar-refractivity contribution is 0.0705. The predicted octanol–water partition coefficient (Wildman–Crippen LogP) is 2.52. The molecule has 1 aromatic rings. The number of methoxy groups -OCH3 is 1. The normalized spacial score (nSPS) is 19.4. The van der Waals surface area contributed by atoms with Crippen molar-refractivity contribution in [2.24, 2.45) is 5.73 Å². The average Bonchev–Trinajstić information content (AvgIpc) is 2.40. The van der Waals surface area contributed by atoms with E-state index in [0.717, 1.165) is 23.0 Å². The van der Waals surface area contributed by atoms with E-state index in [1.54, 1.807) is 24.1 Å². The topological polar surface area (TPSA) is 55.6 Å². The van der Waals surface area contributed by atoms with Crippen molar-refractivity contribution in [3.63, 3.8) is 0 Å². The predicted molar refractivity (Wildman–Crippen MR) is 83.8 cm³/mol. The zero-order valence-corrected chi connectivity index (χ0v) is 13.6. The number of rotatable bonds is 2. The number of hydrogen-bond acceptors (Lipinski definition) is 3. The lowest BCUT2D eigenvalue weighted by Crippen LogP contribution is -2.45. The maximum atomic E-state index is 12.5. The maximum Gasteiger partial charge on any atom is 0.257 e. The fourth-order valence-electron chi connectivity index (χ4n) is 2.23. The van der Waals surface area contributed by atoms with Crippen LogP contribution in [0.15, 0.2) is 12.1 Å². The molecule has 1 amide bonds. The van der Waals surface area contributed by atoms with Crippen molar-refractivity contribution in [3.8, 4) is 5.75 Å². The van der Waals surface area contributed by atoms with Crippen LogP contribution in [0.3, 0.4) is 0 Å². The van der Waals surface area contributed by atoms with Crippen LogP contribution in [0.1, 0.15) is 23.2 Å². The van der Waals surface area contributed by atoms with E-state index < -0.39 is 0 Å². The van der Waals surface area contributed by atoms with Crippen molar-refractivity contribution in [1.29, 1.82) is 0 Å². The van der Waals surface area contributed by atoms with Crippen LogP contribution in [0.4, 0.5) is 0 Å². The highest BCUT2D eigenvalue weighted by atomic mass is 127. The quantitative estimate of drug-likeness (QED) is 0.784. The van der Waals surface area contributed by atoms with Crippen molar-refractivity contribution in [1.82, 2.24) is 4.90 Å². The Hall–Kier alpha value is -0.530. The van der Waals surface area contributed by atoms with Gasteiger partial charge in [-0.3, -0.25) is 4.79 Å². The summed E-state index contributed by atoms with van der Waals surface area (Å²) in [5, 5.41) is 0.561. The Balaban J connectivity index is 2.30. The van der Waals surface area contributed by atoms with Crippen molar-refractivity contribution < 1.29 is 9.53 Å². The molecule has 0 aliphatic carbocycles. The summed E-state index contributed by atoms with van der Waals surface area (Å²) in [6.45, 7) is 1.32. The fourth-order valence-corrected chi connectivity index (χ4v) is 2.83. The Bertz CT molecular complexity index is 496. The molecule has 2 rings (SSSR count). The number of nitrogens with two attached hydrogens (primary N) is 1.